The molecular weight excluding hydrogens is 452 g/mol. The number of aromatic nitrogens is 4. The molecule has 4 aromatic rings. The van der Waals surface area contributed by atoms with Crippen molar-refractivity contribution in [2.75, 3.05) is 24.5 Å². The maximum Gasteiger partial charge on any atom is 0.300 e. The summed E-state index contributed by atoms with van der Waals surface area (Å²) in [6.07, 6.45) is 5.07. The number of nitrogens with zero attached hydrogens (tertiary/aromatic N) is 5. The molecule has 8 nitrogen and oxygen atoms in total. The number of hydrogen-bond donors (Lipinski definition) is 1. The number of carbonyl (C=O) groups is 1. The monoisotopic (exact) mass is 486 g/mol. The number of hydrogen-bond acceptors (Lipinski definition) is 5. The van der Waals surface area contributed by atoms with E-state index in [0.29, 0.717) is 18.8 Å². The first kappa shape index (κ1) is 25.2. The Morgan fingerprint density at radius 1 is 1.00 bits per heavy atom. The highest BCUT2D eigenvalue weighted by Crippen LogP contribution is 2.16. The zero-order valence-corrected chi connectivity index (χ0v) is 21.5. The molecule has 0 saturated carbocycles. The lowest BCUT2D eigenvalue weighted by atomic mass is 10.1. The van der Waals surface area contributed by atoms with Crippen LogP contribution in [0.1, 0.15) is 42.3 Å². The van der Waals surface area contributed by atoms with Gasteiger partial charge in [0, 0.05) is 56.2 Å². The molecule has 0 fully saturated rings. The van der Waals surface area contributed by atoms with Gasteiger partial charge in [-0.15, -0.1) is 10.2 Å². The zero-order chi connectivity index (χ0) is 25.7. The molecule has 0 saturated heterocycles. The number of benzene rings is 2. The van der Waals surface area contributed by atoms with E-state index >= 15 is 0 Å². The van der Waals surface area contributed by atoms with Crippen LogP contribution in [0.15, 0.2) is 59.7 Å². The summed E-state index contributed by atoms with van der Waals surface area (Å²) in [7, 11) is 0. The van der Waals surface area contributed by atoms with Crippen molar-refractivity contribution in [2.24, 2.45) is 0 Å². The van der Waals surface area contributed by atoms with Gasteiger partial charge in [0.2, 0.25) is 11.6 Å². The van der Waals surface area contributed by atoms with Gasteiger partial charge in [-0.05, 0) is 75.1 Å². The fraction of sp³-hybridized carbons (Fsp3) is 0.357. The topological polar surface area (TPSA) is 84.5 Å². The van der Waals surface area contributed by atoms with Gasteiger partial charge in [-0.25, -0.2) is 0 Å². The van der Waals surface area contributed by atoms with Gasteiger partial charge in [-0.1, -0.05) is 18.2 Å². The largest absolute Gasteiger partial charge is 0.372 e. The molecule has 0 aliphatic carbocycles. The van der Waals surface area contributed by atoms with Crippen LogP contribution >= 0.6 is 0 Å². The van der Waals surface area contributed by atoms with Gasteiger partial charge in [-0.2, -0.15) is 0 Å². The molecule has 2 heterocycles. The third kappa shape index (κ3) is 5.82. The van der Waals surface area contributed by atoms with Crippen LogP contribution in [0.25, 0.3) is 11.3 Å². The maximum absolute atomic E-state index is 13.0. The minimum atomic E-state index is -0.236. The van der Waals surface area contributed by atoms with E-state index in [1.54, 1.807) is 21.4 Å². The van der Waals surface area contributed by atoms with Gasteiger partial charge < -0.3 is 10.2 Å². The number of fused-ring (bicyclic) bond motifs is 1. The number of aryl methyl sites for hydroxylation is 4. The van der Waals surface area contributed by atoms with E-state index in [1.165, 1.54) is 11.3 Å². The van der Waals surface area contributed by atoms with Crippen LogP contribution in [0.3, 0.4) is 0 Å². The third-order valence-corrected chi connectivity index (χ3v) is 6.28. The summed E-state index contributed by atoms with van der Waals surface area (Å²) in [6.45, 7) is 10.7. The molecular formula is C28H34N6O2. The van der Waals surface area contributed by atoms with Crippen molar-refractivity contribution in [1.82, 2.24) is 24.5 Å². The number of nitrogens with one attached hydrogen (secondary N) is 1. The zero-order valence-electron chi connectivity index (χ0n) is 21.5. The first-order valence-electron chi connectivity index (χ1n) is 12.5. The highest BCUT2D eigenvalue weighted by molar-refractivity contribution is 5.76. The van der Waals surface area contributed by atoms with Crippen LogP contribution in [-0.2, 0) is 11.2 Å². The summed E-state index contributed by atoms with van der Waals surface area (Å²) >= 11 is 0. The average molecular weight is 487 g/mol. The second kappa shape index (κ2) is 11.2. The van der Waals surface area contributed by atoms with Crippen molar-refractivity contribution in [2.45, 2.75) is 47.0 Å². The molecule has 1 amide bonds. The van der Waals surface area contributed by atoms with Gasteiger partial charge >= 0.3 is 5.56 Å². The molecule has 0 radical (unpaired) electrons. The summed E-state index contributed by atoms with van der Waals surface area (Å²) in [4.78, 5) is 27.8. The highest BCUT2D eigenvalue weighted by Gasteiger charge is 2.13. The molecule has 2 aromatic heterocycles. The van der Waals surface area contributed by atoms with Gasteiger partial charge in [-0.3, -0.25) is 18.6 Å². The molecule has 0 unspecified atom stereocenters. The lowest BCUT2D eigenvalue weighted by Crippen LogP contribution is -2.30. The van der Waals surface area contributed by atoms with Crippen molar-refractivity contribution < 1.29 is 4.79 Å². The number of carbonyl (C=O) groups excluding carboxylic acids is 1. The molecule has 0 atom stereocenters. The van der Waals surface area contributed by atoms with Crippen molar-refractivity contribution in [3.8, 4) is 5.69 Å². The van der Waals surface area contributed by atoms with Crippen molar-refractivity contribution in [3.05, 3.63) is 87.7 Å². The first-order valence-corrected chi connectivity index (χ1v) is 12.5. The Bertz CT molecular complexity index is 1400. The Hall–Kier alpha value is -3.94. The standard InChI is InChI=1S/C28H34N6O2/c1-5-32(23-9-6-8-20(2)17-23)13-7-12-29-26(35)11-10-25-30-31-27-28(36)33(14-15-34(25)27)24-18-21(3)16-22(4)19-24/h6,8-9,14-19H,5,7,10-13H2,1-4H3,(H,29,35). The van der Waals surface area contributed by atoms with Crippen molar-refractivity contribution >= 4 is 17.2 Å². The Morgan fingerprint density at radius 3 is 2.50 bits per heavy atom. The van der Waals surface area contributed by atoms with Gasteiger partial charge in [0.15, 0.2) is 0 Å². The Labute approximate surface area is 211 Å². The maximum atomic E-state index is 13.0. The average Bonchev–Trinajstić information content (AvgIpc) is 3.26. The lowest BCUT2D eigenvalue weighted by Gasteiger charge is -2.23. The lowest BCUT2D eigenvalue weighted by molar-refractivity contribution is -0.121. The molecule has 0 bridgehead atoms. The Balaban J connectivity index is 1.32. The molecule has 36 heavy (non-hydrogen) atoms. The SMILES string of the molecule is CCN(CCCNC(=O)CCc1nnc2c(=O)n(-c3cc(C)cc(C)c3)ccn12)c1cccc(C)c1. The van der Waals surface area contributed by atoms with E-state index in [4.69, 9.17) is 0 Å². The highest BCUT2D eigenvalue weighted by atomic mass is 16.1. The number of amides is 1. The van der Waals surface area contributed by atoms with E-state index < -0.39 is 0 Å². The summed E-state index contributed by atoms with van der Waals surface area (Å²) in [5.41, 5.74) is 5.43. The normalized spacial score (nSPS) is 11.1. The quantitative estimate of drug-likeness (QED) is 0.345. The first-order chi connectivity index (χ1) is 17.4. The van der Waals surface area contributed by atoms with E-state index in [-0.39, 0.29) is 23.5 Å². The molecule has 2 aromatic carbocycles. The molecule has 4 rings (SSSR count). The molecule has 0 aliphatic rings. The van der Waals surface area contributed by atoms with E-state index in [1.807, 2.05) is 26.0 Å². The van der Waals surface area contributed by atoms with E-state index in [0.717, 1.165) is 36.3 Å². The van der Waals surface area contributed by atoms with Crippen molar-refractivity contribution in [1.29, 1.82) is 0 Å². The molecule has 0 aliphatic heterocycles. The fourth-order valence-electron chi connectivity index (χ4n) is 4.50. The van der Waals surface area contributed by atoms with Crippen LogP contribution in [0.2, 0.25) is 0 Å². The number of rotatable bonds is 10. The molecule has 188 valence electrons. The predicted molar refractivity (Wildman–Crippen MR) is 143 cm³/mol. The van der Waals surface area contributed by atoms with Crippen molar-refractivity contribution in [3.63, 3.8) is 0 Å². The fourth-order valence-corrected chi connectivity index (χ4v) is 4.50. The van der Waals surface area contributed by atoms with Crippen LogP contribution in [0.5, 0.6) is 0 Å². The number of anilines is 1. The van der Waals surface area contributed by atoms with Crippen LogP contribution < -0.4 is 15.8 Å². The Morgan fingerprint density at radius 2 is 1.78 bits per heavy atom. The van der Waals surface area contributed by atoms with E-state index in [2.05, 4.69) is 64.6 Å². The minimum Gasteiger partial charge on any atom is -0.372 e. The molecule has 8 heteroatoms. The summed E-state index contributed by atoms with van der Waals surface area (Å²) < 4.78 is 3.26. The third-order valence-electron chi connectivity index (χ3n) is 6.28. The second-order valence-electron chi connectivity index (χ2n) is 9.25. The van der Waals surface area contributed by atoms with Gasteiger partial charge in [0.05, 0.1) is 0 Å². The van der Waals surface area contributed by atoms with Crippen LogP contribution in [0, 0.1) is 20.8 Å². The molecule has 1 N–H and O–H groups in total. The summed E-state index contributed by atoms with van der Waals surface area (Å²) in [5.74, 6) is 0.565. The van der Waals surface area contributed by atoms with Gasteiger partial charge in [0.25, 0.3) is 0 Å². The minimum absolute atomic E-state index is 0.0334. The van der Waals surface area contributed by atoms with Crippen LogP contribution in [-0.4, -0.2) is 44.7 Å². The second-order valence-corrected chi connectivity index (χ2v) is 9.25. The van der Waals surface area contributed by atoms with Crippen LogP contribution in [0.4, 0.5) is 5.69 Å². The summed E-state index contributed by atoms with van der Waals surface area (Å²) in [6, 6.07) is 14.5. The Kier molecular flexibility index (Phi) is 7.83. The van der Waals surface area contributed by atoms with Gasteiger partial charge in [0.1, 0.15) is 5.82 Å². The summed E-state index contributed by atoms with van der Waals surface area (Å²) in [5, 5.41) is 11.3. The van der Waals surface area contributed by atoms with E-state index in [9.17, 15) is 9.59 Å². The molecule has 0 spiro atoms. The predicted octanol–water partition coefficient (Wildman–Crippen LogP) is 3.77. The smallest absolute Gasteiger partial charge is 0.300 e.